The number of nitrogens with one attached hydrogen (secondary N) is 1. The molecule has 0 aliphatic carbocycles. The highest BCUT2D eigenvalue weighted by Gasteiger charge is 2.08. The topological polar surface area (TPSA) is 12.0 Å². The summed E-state index contributed by atoms with van der Waals surface area (Å²) in [5, 5.41) is 3.37. The van der Waals surface area contributed by atoms with Gasteiger partial charge in [-0.2, -0.15) is 0 Å². The van der Waals surface area contributed by atoms with Crippen LogP contribution in [0.1, 0.15) is 35.2 Å². The van der Waals surface area contributed by atoms with Crippen LogP contribution in [0.4, 0.5) is 10.1 Å². The fraction of sp³-hybridized carbons (Fsp3) is 0.294. The molecule has 0 fully saturated rings. The van der Waals surface area contributed by atoms with Gasteiger partial charge in [0.25, 0.3) is 0 Å². The fourth-order valence-electron chi connectivity index (χ4n) is 2.10. The Morgan fingerprint density at radius 3 is 2.26 bits per heavy atom. The molecule has 1 unspecified atom stereocenters. The van der Waals surface area contributed by atoms with Crippen molar-refractivity contribution in [3.63, 3.8) is 0 Å². The molecule has 1 atom stereocenters. The lowest BCUT2D eigenvalue weighted by Crippen LogP contribution is -2.08. The predicted molar refractivity (Wildman–Crippen MR) is 79.1 cm³/mol. The normalized spacial score (nSPS) is 12.3. The lowest BCUT2D eigenvalue weighted by atomic mass is 10.0. The van der Waals surface area contributed by atoms with Crippen molar-refractivity contribution in [1.82, 2.24) is 0 Å². The maximum absolute atomic E-state index is 13.3. The van der Waals surface area contributed by atoms with Crippen LogP contribution in [0, 0.1) is 26.6 Å². The number of hydrogen-bond acceptors (Lipinski definition) is 1. The average molecular weight is 257 g/mol. The Bertz CT molecular complexity index is 590. The van der Waals surface area contributed by atoms with Crippen molar-refractivity contribution in [1.29, 1.82) is 0 Å². The third-order valence-electron chi connectivity index (χ3n) is 3.60. The van der Waals surface area contributed by atoms with E-state index in [1.54, 1.807) is 12.1 Å². The van der Waals surface area contributed by atoms with Gasteiger partial charge in [-0.05, 0) is 62.1 Å². The molecule has 0 saturated carbocycles. The van der Waals surface area contributed by atoms with Gasteiger partial charge in [0.15, 0.2) is 0 Å². The molecule has 100 valence electrons. The van der Waals surface area contributed by atoms with Crippen molar-refractivity contribution >= 4 is 5.69 Å². The van der Waals surface area contributed by atoms with Crippen LogP contribution in [0.2, 0.25) is 0 Å². The highest BCUT2D eigenvalue weighted by Crippen LogP contribution is 2.24. The number of benzene rings is 2. The largest absolute Gasteiger partial charge is 0.378 e. The van der Waals surface area contributed by atoms with Gasteiger partial charge in [-0.1, -0.05) is 24.3 Å². The maximum atomic E-state index is 13.3. The first-order valence-corrected chi connectivity index (χ1v) is 6.57. The van der Waals surface area contributed by atoms with Gasteiger partial charge < -0.3 is 5.32 Å². The SMILES string of the molecule is Cc1ccc(C(C)Nc2cc(F)ccc2C)cc1C. The van der Waals surface area contributed by atoms with Crippen LogP contribution in [0.3, 0.4) is 0 Å². The van der Waals surface area contributed by atoms with E-state index in [1.807, 2.05) is 6.92 Å². The zero-order valence-corrected chi connectivity index (χ0v) is 11.9. The van der Waals surface area contributed by atoms with Crippen molar-refractivity contribution in [3.05, 3.63) is 64.5 Å². The van der Waals surface area contributed by atoms with Gasteiger partial charge in [0.05, 0.1) is 0 Å². The summed E-state index contributed by atoms with van der Waals surface area (Å²) in [6.45, 7) is 8.29. The van der Waals surface area contributed by atoms with Crippen LogP contribution >= 0.6 is 0 Å². The second-order valence-electron chi connectivity index (χ2n) is 5.17. The third-order valence-corrected chi connectivity index (χ3v) is 3.60. The minimum atomic E-state index is -0.208. The Labute approximate surface area is 114 Å². The average Bonchev–Trinajstić information content (AvgIpc) is 2.37. The smallest absolute Gasteiger partial charge is 0.125 e. The molecule has 0 aromatic heterocycles. The molecule has 0 aliphatic rings. The van der Waals surface area contributed by atoms with Crippen LogP contribution in [-0.4, -0.2) is 0 Å². The Balaban J connectivity index is 2.22. The zero-order chi connectivity index (χ0) is 14.0. The number of halogens is 1. The second-order valence-corrected chi connectivity index (χ2v) is 5.17. The minimum Gasteiger partial charge on any atom is -0.378 e. The molecular weight excluding hydrogens is 237 g/mol. The zero-order valence-electron chi connectivity index (χ0n) is 11.9. The summed E-state index contributed by atoms with van der Waals surface area (Å²) in [6.07, 6.45) is 0. The van der Waals surface area contributed by atoms with Crippen LogP contribution in [0.15, 0.2) is 36.4 Å². The lowest BCUT2D eigenvalue weighted by Gasteiger charge is -2.18. The van der Waals surface area contributed by atoms with E-state index in [2.05, 4.69) is 44.3 Å². The molecule has 0 amide bonds. The van der Waals surface area contributed by atoms with Crippen LogP contribution < -0.4 is 5.32 Å². The first-order valence-electron chi connectivity index (χ1n) is 6.57. The summed E-state index contributed by atoms with van der Waals surface area (Å²) in [5.41, 5.74) is 5.69. The third kappa shape index (κ3) is 3.14. The van der Waals surface area contributed by atoms with Gasteiger partial charge in [-0.15, -0.1) is 0 Å². The van der Waals surface area contributed by atoms with E-state index in [9.17, 15) is 4.39 Å². The van der Waals surface area contributed by atoms with Gasteiger partial charge >= 0.3 is 0 Å². The van der Waals surface area contributed by atoms with E-state index in [-0.39, 0.29) is 11.9 Å². The second kappa shape index (κ2) is 5.43. The van der Waals surface area contributed by atoms with Crippen LogP contribution in [-0.2, 0) is 0 Å². The van der Waals surface area contributed by atoms with Crippen molar-refractivity contribution in [2.45, 2.75) is 33.7 Å². The van der Waals surface area contributed by atoms with Gasteiger partial charge in [-0.3, -0.25) is 0 Å². The van der Waals surface area contributed by atoms with Crippen molar-refractivity contribution in [2.75, 3.05) is 5.32 Å². The van der Waals surface area contributed by atoms with E-state index in [4.69, 9.17) is 0 Å². The summed E-state index contributed by atoms with van der Waals surface area (Å²) >= 11 is 0. The monoisotopic (exact) mass is 257 g/mol. The lowest BCUT2D eigenvalue weighted by molar-refractivity contribution is 0.627. The minimum absolute atomic E-state index is 0.153. The highest BCUT2D eigenvalue weighted by molar-refractivity contribution is 5.52. The molecule has 2 aromatic rings. The van der Waals surface area contributed by atoms with E-state index in [0.29, 0.717) is 0 Å². The molecule has 19 heavy (non-hydrogen) atoms. The molecule has 2 heteroatoms. The van der Waals surface area contributed by atoms with E-state index >= 15 is 0 Å². The molecule has 0 radical (unpaired) electrons. The predicted octanol–water partition coefficient (Wildman–Crippen LogP) is 4.92. The highest BCUT2D eigenvalue weighted by atomic mass is 19.1. The van der Waals surface area contributed by atoms with E-state index in [0.717, 1.165) is 11.3 Å². The van der Waals surface area contributed by atoms with Crippen molar-refractivity contribution in [3.8, 4) is 0 Å². The van der Waals surface area contributed by atoms with Crippen molar-refractivity contribution in [2.24, 2.45) is 0 Å². The van der Waals surface area contributed by atoms with Gasteiger partial charge in [0.2, 0.25) is 0 Å². The Kier molecular flexibility index (Phi) is 3.89. The molecule has 0 aliphatic heterocycles. The summed E-state index contributed by atoms with van der Waals surface area (Å²) in [7, 11) is 0. The fourth-order valence-corrected chi connectivity index (χ4v) is 2.10. The van der Waals surface area contributed by atoms with Gasteiger partial charge in [0.1, 0.15) is 5.82 Å². The molecule has 2 rings (SSSR count). The number of anilines is 1. The number of hydrogen-bond donors (Lipinski definition) is 1. The molecule has 1 N–H and O–H groups in total. The van der Waals surface area contributed by atoms with E-state index < -0.39 is 0 Å². The van der Waals surface area contributed by atoms with Gasteiger partial charge in [-0.25, -0.2) is 4.39 Å². The van der Waals surface area contributed by atoms with Crippen LogP contribution in [0.25, 0.3) is 0 Å². The van der Waals surface area contributed by atoms with Crippen LogP contribution in [0.5, 0.6) is 0 Å². The van der Waals surface area contributed by atoms with Crippen molar-refractivity contribution < 1.29 is 4.39 Å². The molecular formula is C17H20FN. The first-order chi connectivity index (χ1) is 8.97. The standard InChI is InChI=1S/C17H20FN/c1-11-5-7-15(9-13(11)3)14(4)19-17-10-16(18)8-6-12(17)2/h5-10,14,19H,1-4H3. The summed E-state index contributed by atoms with van der Waals surface area (Å²) in [4.78, 5) is 0. The first kappa shape index (κ1) is 13.6. The number of aryl methyl sites for hydroxylation is 3. The Morgan fingerprint density at radius 1 is 0.895 bits per heavy atom. The Morgan fingerprint density at radius 2 is 1.58 bits per heavy atom. The molecule has 2 aromatic carbocycles. The summed E-state index contributed by atoms with van der Waals surface area (Å²) < 4.78 is 13.3. The summed E-state index contributed by atoms with van der Waals surface area (Å²) in [5.74, 6) is -0.208. The molecule has 0 spiro atoms. The summed E-state index contributed by atoms with van der Waals surface area (Å²) in [6, 6.07) is 11.4. The molecule has 0 saturated heterocycles. The molecule has 0 heterocycles. The molecule has 0 bridgehead atoms. The number of rotatable bonds is 3. The van der Waals surface area contributed by atoms with E-state index in [1.165, 1.54) is 22.8 Å². The molecule has 1 nitrogen and oxygen atoms in total. The quantitative estimate of drug-likeness (QED) is 0.822. The van der Waals surface area contributed by atoms with Gasteiger partial charge in [0, 0.05) is 11.7 Å². The Hall–Kier alpha value is -1.83. The maximum Gasteiger partial charge on any atom is 0.125 e.